The van der Waals surface area contributed by atoms with Crippen molar-refractivity contribution in [2.75, 3.05) is 5.32 Å². The van der Waals surface area contributed by atoms with Gasteiger partial charge in [0.1, 0.15) is 0 Å². The van der Waals surface area contributed by atoms with Crippen LogP contribution in [0.1, 0.15) is 11.1 Å². The average molecular weight is 301 g/mol. The molecular formula is C14H12Cl3N. The van der Waals surface area contributed by atoms with E-state index in [1.54, 1.807) is 6.07 Å². The highest BCUT2D eigenvalue weighted by Gasteiger charge is 2.01. The number of halogens is 3. The predicted octanol–water partition coefficient (Wildman–Crippen LogP) is 5.57. The van der Waals surface area contributed by atoms with Gasteiger partial charge in [0.05, 0.1) is 10.0 Å². The molecule has 2 aromatic carbocycles. The van der Waals surface area contributed by atoms with Gasteiger partial charge in [-0.1, -0.05) is 46.9 Å². The minimum absolute atomic E-state index is 0.568. The number of hydrogen-bond acceptors (Lipinski definition) is 1. The average Bonchev–Trinajstić information content (AvgIpc) is 2.35. The van der Waals surface area contributed by atoms with E-state index in [0.29, 0.717) is 16.6 Å². The highest BCUT2D eigenvalue weighted by Crippen LogP contribution is 2.24. The van der Waals surface area contributed by atoms with Gasteiger partial charge in [-0.15, -0.1) is 0 Å². The molecule has 1 N–H and O–H groups in total. The van der Waals surface area contributed by atoms with E-state index >= 15 is 0 Å². The first-order valence-electron chi connectivity index (χ1n) is 5.50. The van der Waals surface area contributed by atoms with Gasteiger partial charge in [0.15, 0.2) is 0 Å². The first kappa shape index (κ1) is 13.5. The van der Waals surface area contributed by atoms with Gasteiger partial charge in [-0.3, -0.25) is 0 Å². The lowest BCUT2D eigenvalue weighted by molar-refractivity contribution is 1.15. The molecule has 2 rings (SSSR count). The van der Waals surface area contributed by atoms with Crippen molar-refractivity contribution in [2.24, 2.45) is 0 Å². The van der Waals surface area contributed by atoms with Gasteiger partial charge in [0.25, 0.3) is 0 Å². The summed E-state index contributed by atoms with van der Waals surface area (Å²) in [5.41, 5.74) is 3.12. The third-order valence-electron chi connectivity index (χ3n) is 2.65. The Hall–Kier alpha value is -0.890. The molecule has 0 atom stereocenters. The van der Waals surface area contributed by atoms with Crippen molar-refractivity contribution < 1.29 is 0 Å². The number of benzene rings is 2. The van der Waals surface area contributed by atoms with E-state index in [-0.39, 0.29) is 0 Å². The van der Waals surface area contributed by atoms with E-state index in [1.807, 2.05) is 37.3 Å². The monoisotopic (exact) mass is 299 g/mol. The smallest absolute Gasteiger partial charge is 0.0595 e. The van der Waals surface area contributed by atoms with Gasteiger partial charge in [0.2, 0.25) is 0 Å². The van der Waals surface area contributed by atoms with E-state index in [2.05, 4.69) is 5.32 Å². The van der Waals surface area contributed by atoms with Gasteiger partial charge in [-0.2, -0.15) is 0 Å². The first-order chi connectivity index (χ1) is 8.56. The van der Waals surface area contributed by atoms with Crippen LogP contribution >= 0.6 is 34.8 Å². The summed E-state index contributed by atoms with van der Waals surface area (Å²) in [4.78, 5) is 0. The highest BCUT2D eigenvalue weighted by atomic mass is 35.5. The molecule has 0 aromatic heterocycles. The summed E-state index contributed by atoms with van der Waals surface area (Å²) in [6.45, 7) is 2.65. The fraction of sp³-hybridized carbons (Fsp3) is 0.143. The molecule has 0 bridgehead atoms. The first-order valence-corrected chi connectivity index (χ1v) is 6.63. The number of rotatable bonds is 3. The molecule has 0 fully saturated rings. The van der Waals surface area contributed by atoms with Crippen molar-refractivity contribution in [2.45, 2.75) is 13.5 Å². The lowest BCUT2D eigenvalue weighted by Gasteiger charge is -2.08. The minimum Gasteiger partial charge on any atom is -0.381 e. The van der Waals surface area contributed by atoms with Crippen LogP contribution < -0.4 is 5.32 Å². The van der Waals surface area contributed by atoms with Crippen LogP contribution in [0.15, 0.2) is 36.4 Å². The van der Waals surface area contributed by atoms with Crippen LogP contribution in [0, 0.1) is 6.92 Å². The van der Waals surface area contributed by atoms with Crippen molar-refractivity contribution in [3.8, 4) is 0 Å². The zero-order valence-electron chi connectivity index (χ0n) is 9.81. The van der Waals surface area contributed by atoms with Crippen molar-refractivity contribution in [1.82, 2.24) is 0 Å². The maximum absolute atomic E-state index is 6.06. The third-order valence-corrected chi connectivity index (χ3v) is 3.80. The molecule has 2 aromatic rings. The fourth-order valence-electron chi connectivity index (χ4n) is 1.56. The molecule has 94 valence electrons. The summed E-state index contributed by atoms with van der Waals surface area (Å²) in [5, 5.41) is 5.18. The molecule has 18 heavy (non-hydrogen) atoms. The summed E-state index contributed by atoms with van der Waals surface area (Å²) < 4.78 is 0. The second kappa shape index (κ2) is 5.83. The Balaban J connectivity index is 2.06. The van der Waals surface area contributed by atoms with Crippen LogP contribution in [0.3, 0.4) is 0 Å². The Kier molecular flexibility index (Phi) is 4.39. The molecule has 0 heterocycles. The molecular weight excluding hydrogens is 289 g/mol. The maximum atomic E-state index is 6.06. The summed E-state index contributed by atoms with van der Waals surface area (Å²) in [7, 11) is 0. The van der Waals surface area contributed by atoms with E-state index in [4.69, 9.17) is 34.8 Å². The molecule has 0 saturated carbocycles. The number of nitrogens with one attached hydrogen (secondary N) is 1. The fourth-order valence-corrected chi connectivity index (χ4v) is 2.06. The normalized spacial score (nSPS) is 10.4. The molecule has 0 radical (unpaired) electrons. The largest absolute Gasteiger partial charge is 0.381 e. The minimum atomic E-state index is 0.568. The SMILES string of the molecule is Cc1ccc(NCc2ccc(Cl)c(Cl)c2)cc1Cl. The molecule has 0 unspecified atom stereocenters. The van der Waals surface area contributed by atoms with Crippen molar-refractivity contribution in [1.29, 1.82) is 0 Å². The van der Waals surface area contributed by atoms with E-state index in [9.17, 15) is 0 Å². The van der Waals surface area contributed by atoms with Gasteiger partial charge >= 0.3 is 0 Å². The molecule has 0 amide bonds. The van der Waals surface area contributed by atoms with Gasteiger partial charge in [0, 0.05) is 17.3 Å². The van der Waals surface area contributed by atoms with Crippen LogP contribution in [0.5, 0.6) is 0 Å². The molecule has 1 nitrogen and oxygen atoms in total. The molecule has 0 saturated heterocycles. The quantitative estimate of drug-likeness (QED) is 0.781. The number of anilines is 1. The van der Waals surface area contributed by atoms with E-state index in [0.717, 1.165) is 21.8 Å². The Morgan fingerprint density at radius 3 is 2.33 bits per heavy atom. The van der Waals surface area contributed by atoms with Crippen molar-refractivity contribution >= 4 is 40.5 Å². The molecule has 0 aliphatic rings. The Morgan fingerprint density at radius 1 is 0.889 bits per heavy atom. The van der Waals surface area contributed by atoms with Gasteiger partial charge < -0.3 is 5.32 Å². The topological polar surface area (TPSA) is 12.0 Å². The predicted molar refractivity (Wildman–Crippen MR) is 80.0 cm³/mol. The Bertz CT molecular complexity index is 515. The zero-order chi connectivity index (χ0) is 13.1. The Morgan fingerprint density at radius 2 is 1.67 bits per heavy atom. The lowest BCUT2D eigenvalue weighted by atomic mass is 10.2. The van der Waals surface area contributed by atoms with Crippen LogP contribution in [0.25, 0.3) is 0 Å². The summed E-state index contributed by atoms with van der Waals surface area (Å²) in [5.74, 6) is 0. The Labute approximate surface area is 122 Å². The van der Waals surface area contributed by atoms with E-state index in [1.165, 1.54) is 0 Å². The number of aryl methyl sites for hydroxylation is 1. The molecule has 0 aliphatic carbocycles. The summed E-state index contributed by atoms with van der Waals surface area (Å²) >= 11 is 17.9. The maximum Gasteiger partial charge on any atom is 0.0595 e. The highest BCUT2D eigenvalue weighted by molar-refractivity contribution is 6.42. The second-order valence-corrected chi connectivity index (χ2v) is 5.29. The van der Waals surface area contributed by atoms with Crippen LogP contribution in [-0.2, 0) is 6.54 Å². The molecule has 4 heteroatoms. The summed E-state index contributed by atoms with van der Waals surface area (Å²) in [6.07, 6.45) is 0. The van der Waals surface area contributed by atoms with Gasteiger partial charge in [-0.05, 0) is 42.3 Å². The van der Waals surface area contributed by atoms with Crippen molar-refractivity contribution in [3.63, 3.8) is 0 Å². The van der Waals surface area contributed by atoms with Crippen LogP contribution in [0.2, 0.25) is 15.1 Å². The zero-order valence-corrected chi connectivity index (χ0v) is 12.1. The summed E-state index contributed by atoms with van der Waals surface area (Å²) in [6, 6.07) is 11.5. The third kappa shape index (κ3) is 3.32. The molecule has 0 spiro atoms. The lowest BCUT2D eigenvalue weighted by Crippen LogP contribution is -1.99. The second-order valence-electron chi connectivity index (χ2n) is 4.07. The van der Waals surface area contributed by atoms with Crippen molar-refractivity contribution in [3.05, 3.63) is 62.6 Å². The van der Waals surface area contributed by atoms with Gasteiger partial charge in [-0.25, -0.2) is 0 Å². The molecule has 0 aliphatic heterocycles. The van der Waals surface area contributed by atoms with Crippen LogP contribution in [0.4, 0.5) is 5.69 Å². The standard InChI is InChI=1S/C14H12Cl3N/c1-9-2-4-11(7-13(9)16)18-8-10-3-5-12(15)14(17)6-10/h2-7,18H,8H2,1H3. The van der Waals surface area contributed by atoms with Crippen LogP contribution in [-0.4, -0.2) is 0 Å². The van der Waals surface area contributed by atoms with E-state index < -0.39 is 0 Å². The number of hydrogen-bond donors (Lipinski definition) is 1.